The molecule has 0 amide bonds. The minimum Gasteiger partial charge on any atom is -0.356 e. The topological polar surface area (TPSA) is 21.8 Å². The summed E-state index contributed by atoms with van der Waals surface area (Å²) in [4.78, 5) is 6.89. The average molecular weight is 1140 g/mol. The molecule has 13 rings (SSSR count). The molecule has 0 aliphatic heterocycles. The normalized spacial score (nSPS) is 10.5. The van der Waals surface area contributed by atoms with Crippen molar-refractivity contribution in [3.63, 3.8) is 0 Å². The Kier molecular flexibility index (Phi) is 20.8. The molecule has 13 aromatic carbocycles. The average Bonchev–Trinajstić information content (AvgIpc) is 3.77. The van der Waals surface area contributed by atoms with Gasteiger partial charge in [0, 0.05) is 63.6 Å². The molecule has 4 nitrogen and oxygen atoms in total. The van der Waals surface area contributed by atoms with Gasteiger partial charge >= 0.3 is 0 Å². The Bertz CT molecular complexity index is 4170. The van der Waals surface area contributed by atoms with Crippen LogP contribution < -0.4 is 20.0 Å². The lowest BCUT2D eigenvalue weighted by Gasteiger charge is -2.27. The molecule has 0 aliphatic rings. The predicted molar refractivity (Wildman–Crippen MR) is 382 cm³/mol. The second-order valence-corrected chi connectivity index (χ2v) is 20.9. The summed E-state index contributed by atoms with van der Waals surface area (Å²) >= 11 is 0. The van der Waals surface area contributed by atoms with Gasteiger partial charge in [-0.3, -0.25) is 0 Å². The summed E-state index contributed by atoms with van der Waals surface area (Å²) in [6.07, 6.45) is 5.72. The minimum absolute atomic E-state index is 1.06. The molecule has 0 unspecified atom stereocenters. The van der Waals surface area contributed by atoms with Gasteiger partial charge in [0.15, 0.2) is 0 Å². The number of hydrogen-bond acceptors (Lipinski definition) is 4. The number of anilines is 10. The zero-order valence-electron chi connectivity index (χ0n) is 50.6. The largest absolute Gasteiger partial charge is 0.356 e. The maximum atomic E-state index is 3.59. The Balaban J connectivity index is 0.000000387. The summed E-state index contributed by atoms with van der Waals surface area (Å²) in [5, 5.41) is 5.90. The predicted octanol–water partition coefficient (Wildman–Crippen LogP) is 24.2. The van der Waals surface area contributed by atoms with E-state index in [1.165, 1.54) is 49.7 Å². The number of hydrogen-bond donors (Lipinski definition) is 1. The second kappa shape index (κ2) is 30.6. The summed E-state index contributed by atoms with van der Waals surface area (Å²) in [6, 6.07) is 120. The van der Waals surface area contributed by atoms with E-state index in [1.807, 2.05) is 80.6 Å². The van der Waals surface area contributed by atoms with Crippen molar-refractivity contribution in [1.29, 1.82) is 0 Å². The number of nitrogens with one attached hydrogen (secondary N) is 1. The fraction of sp³-hybridized carbons (Fsp3) is 0.0476. The Morgan fingerprint density at radius 3 is 1.06 bits per heavy atom. The van der Waals surface area contributed by atoms with E-state index in [4.69, 9.17) is 0 Å². The number of rotatable bonds is 15. The van der Waals surface area contributed by atoms with E-state index >= 15 is 0 Å². The minimum atomic E-state index is 1.06. The fourth-order valence-electron chi connectivity index (χ4n) is 10.5. The van der Waals surface area contributed by atoms with Crippen LogP contribution in [0.5, 0.6) is 0 Å². The summed E-state index contributed by atoms with van der Waals surface area (Å²) in [5.74, 6) is 0. The molecule has 0 heterocycles. The lowest BCUT2D eigenvalue weighted by atomic mass is 10.0. The molecule has 4 heteroatoms. The quantitative estimate of drug-likeness (QED) is 0.103. The number of fused-ring (bicyclic) bond motifs is 1. The summed E-state index contributed by atoms with van der Waals surface area (Å²) in [7, 11) is 2.13. The number of nitrogens with zero attached hydrogens (tertiary/aromatic N) is 3. The van der Waals surface area contributed by atoms with E-state index in [0.717, 1.165) is 62.4 Å². The van der Waals surface area contributed by atoms with Gasteiger partial charge in [0.1, 0.15) is 0 Å². The first-order valence-electron chi connectivity index (χ1n) is 30.2. The molecule has 0 atom stereocenters. The van der Waals surface area contributed by atoms with Gasteiger partial charge in [-0.1, -0.05) is 269 Å². The molecule has 0 bridgehead atoms. The third-order valence-corrected chi connectivity index (χ3v) is 15.0. The first-order valence-corrected chi connectivity index (χ1v) is 30.2. The van der Waals surface area contributed by atoms with Crippen LogP contribution in [0.4, 0.5) is 56.9 Å². The molecule has 0 radical (unpaired) electrons. The monoisotopic (exact) mass is 1140 g/mol. The van der Waals surface area contributed by atoms with E-state index in [-0.39, 0.29) is 0 Å². The molecule has 430 valence electrons. The van der Waals surface area contributed by atoms with Crippen LogP contribution in [-0.4, -0.2) is 7.05 Å². The van der Waals surface area contributed by atoms with Gasteiger partial charge < -0.3 is 20.0 Å². The van der Waals surface area contributed by atoms with Crippen molar-refractivity contribution >= 4 is 73.7 Å². The van der Waals surface area contributed by atoms with Crippen LogP contribution in [0, 0.1) is 6.92 Å². The van der Waals surface area contributed by atoms with E-state index in [2.05, 4.69) is 326 Å². The van der Waals surface area contributed by atoms with Gasteiger partial charge in [0.2, 0.25) is 0 Å². The molecule has 0 spiro atoms. The summed E-state index contributed by atoms with van der Waals surface area (Å²) in [5.41, 5.74) is 20.6. The van der Waals surface area contributed by atoms with Crippen molar-refractivity contribution in [3.05, 3.63) is 370 Å². The maximum Gasteiger partial charge on any atom is 0.0540 e. The highest BCUT2D eigenvalue weighted by atomic mass is 15.1. The molecule has 1 N–H and O–H groups in total. The van der Waals surface area contributed by atoms with Gasteiger partial charge in [0.05, 0.1) is 5.69 Å². The molecular formula is C84H74N4. The number of para-hydroxylation sites is 3. The van der Waals surface area contributed by atoms with Gasteiger partial charge in [-0.05, 0) is 167 Å². The molecular weight excluding hydrogens is 1060 g/mol. The van der Waals surface area contributed by atoms with E-state index in [0.29, 0.717) is 0 Å². The van der Waals surface area contributed by atoms with Crippen LogP contribution in [-0.2, 0) is 0 Å². The maximum absolute atomic E-state index is 3.59. The molecule has 0 saturated carbocycles. The van der Waals surface area contributed by atoms with Crippen molar-refractivity contribution in [2.75, 3.05) is 27.1 Å². The first-order chi connectivity index (χ1) is 43.4. The van der Waals surface area contributed by atoms with Gasteiger partial charge in [0.25, 0.3) is 0 Å². The molecule has 0 saturated heterocycles. The number of allylic oxidation sites excluding steroid dienone is 2. The van der Waals surface area contributed by atoms with Crippen LogP contribution in [0.25, 0.3) is 50.2 Å². The lowest BCUT2D eigenvalue weighted by molar-refractivity contribution is 1.21. The molecule has 13 aromatic rings. The number of benzene rings is 13. The van der Waals surface area contributed by atoms with Gasteiger partial charge in [-0.2, -0.15) is 0 Å². The molecule has 0 aliphatic carbocycles. The highest BCUT2D eigenvalue weighted by Crippen LogP contribution is 2.41. The zero-order valence-corrected chi connectivity index (χ0v) is 50.6. The third-order valence-electron chi connectivity index (χ3n) is 15.0. The second-order valence-electron chi connectivity index (χ2n) is 20.9. The molecule has 0 fully saturated rings. The standard InChI is InChI=1S/C65H50N4.C10H10.C7H8.C2H6/c1-67(57-38-26-49(27-39-57)52-30-42-61(43-31-52)68(59-18-7-3-8-19-59)60-20-9-4-10-21-60)58-40-28-50(29-41-58)53-34-46-63(47-35-53)69(65-23-13-15-54-14-11-12-22-64(54)65)62-44-32-51(33-45-62)48-24-36-56(37-25-48)66-55-16-5-2-6-17-55;1-2-3-7-10-8-5-4-6-9-10;1-7-5-3-2-4-6-7;1-2/h2-47,66H,1H3;2-9H,1H2;2-6H,1H3;1-2H3/b;7-3-;;. The summed E-state index contributed by atoms with van der Waals surface area (Å²) < 4.78 is 0. The highest BCUT2D eigenvalue weighted by molar-refractivity contribution is 5.99. The molecule has 88 heavy (non-hydrogen) atoms. The van der Waals surface area contributed by atoms with Crippen LogP contribution in [0.15, 0.2) is 358 Å². The van der Waals surface area contributed by atoms with Crippen molar-refractivity contribution in [2.24, 2.45) is 0 Å². The Morgan fingerprint density at radius 2 is 0.636 bits per heavy atom. The third kappa shape index (κ3) is 15.6. The number of aryl methyl sites for hydroxylation is 1. The van der Waals surface area contributed by atoms with Gasteiger partial charge in [-0.25, -0.2) is 0 Å². The Hall–Kier alpha value is -11.2. The molecule has 0 aromatic heterocycles. The van der Waals surface area contributed by atoms with Crippen LogP contribution >= 0.6 is 0 Å². The fourth-order valence-corrected chi connectivity index (χ4v) is 10.5. The van der Waals surface area contributed by atoms with Crippen molar-refractivity contribution in [2.45, 2.75) is 20.8 Å². The van der Waals surface area contributed by atoms with Crippen molar-refractivity contribution in [3.8, 4) is 33.4 Å². The van der Waals surface area contributed by atoms with Crippen LogP contribution in [0.3, 0.4) is 0 Å². The smallest absolute Gasteiger partial charge is 0.0540 e. The Morgan fingerprint density at radius 1 is 0.307 bits per heavy atom. The first kappa shape index (κ1) is 59.9. The lowest BCUT2D eigenvalue weighted by Crippen LogP contribution is -2.10. The van der Waals surface area contributed by atoms with Crippen LogP contribution in [0.1, 0.15) is 25.0 Å². The van der Waals surface area contributed by atoms with Crippen molar-refractivity contribution < 1.29 is 0 Å². The highest BCUT2D eigenvalue weighted by Gasteiger charge is 2.17. The van der Waals surface area contributed by atoms with E-state index in [9.17, 15) is 0 Å². The SMILES string of the molecule is C=C/C=C\c1ccccc1.CC.CN(c1ccc(-c2ccc(N(c3ccccc3)c3ccccc3)cc2)cc1)c1ccc(-c2ccc(N(c3ccc(-c4ccc(Nc5ccccc5)cc4)cc3)c3cccc4ccccc34)cc2)cc1.Cc1ccccc1. The van der Waals surface area contributed by atoms with Gasteiger partial charge in [-0.15, -0.1) is 0 Å². The Labute approximate surface area is 521 Å². The van der Waals surface area contributed by atoms with Crippen molar-refractivity contribution in [1.82, 2.24) is 0 Å². The van der Waals surface area contributed by atoms with Crippen LogP contribution in [0.2, 0.25) is 0 Å². The zero-order chi connectivity index (χ0) is 60.7. The van der Waals surface area contributed by atoms with E-state index in [1.54, 1.807) is 6.08 Å². The van der Waals surface area contributed by atoms with E-state index < -0.39 is 0 Å². The summed E-state index contributed by atoms with van der Waals surface area (Å²) in [6.45, 7) is 9.67.